The minimum Gasteiger partial charge on any atom is -0.466 e. The lowest BCUT2D eigenvalue weighted by molar-refractivity contribution is -0.160. The van der Waals surface area contributed by atoms with Gasteiger partial charge in [0.05, 0.1) is 18.1 Å². The lowest BCUT2D eigenvalue weighted by atomic mass is 9.70. The molecule has 2 saturated heterocycles. The molecule has 4 heteroatoms. The first-order valence-corrected chi connectivity index (χ1v) is 6.67. The lowest BCUT2D eigenvalue weighted by Gasteiger charge is -2.37. The quantitative estimate of drug-likeness (QED) is 0.546. The second-order valence-electron chi connectivity index (χ2n) is 6.10. The van der Waals surface area contributed by atoms with Crippen molar-refractivity contribution in [3.63, 3.8) is 0 Å². The van der Waals surface area contributed by atoms with Gasteiger partial charge in [0.2, 0.25) is 0 Å². The lowest BCUT2D eigenvalue weighted by Crippen LogP contribution is -2.48. The molecule has 96 valence electrons. The van der Waals surface area contributed by atoms with Gasteiger partial charge in [0.1, 0.15) is 0 Å². The zero-order chi connectivity index (χ0) is 12.3. The largest absolute Gasteiger partial charge is 0.466 e. The van der Waals surface area contributed by atoms with Crippen LogP contribution < -0.4 is 0 Å². The smallest absolute Gasteiger partial charge is 0.311 e. The van der Waals surface area contributed by atoms with E-state index in [0.29, 0.717) is 6.61 Å². The van der Waals surface area contributed by atoms with Gasteiger partial charge in [-0.3, -0.25) is 9.63 Å². The third kappa shape index (κ3) is 1.34. The molecule has 0 aromatic heterocycles. The first-order valence-electron chi connectivity index (χ1n) is 6.67. The molecule has 3 rings (SSSR count). The van der Waals surface area contributed by atoms with Gasteiger partial charge in [0.25, 0.3) is 0 Å². The molecule has 4 nitrogen and oxygen atoms in total. The number of fused-ring (bicyclic) bond motifs is 2. The van der Waals surface area contributed by atoms with Crippen molar-refractivity contribution < 1.29 is 14.4 Å². The normalized spacial score (nSPS) is 40.3. The van der Waals surface area contributed by atoms with E-state index in [9.17, 15) is 4.79 Å². The predicted molar refractivity (Wildman–Crippen MR) is 61.8 cm³/mol. The molecule has 0 aromatic carbocycles. The molecule has 3 aliphatic rings. The van der Waals surface area contributed by atoms with E-state index in [1.807, 2.05) is 6.92 Å². The molecule has 2 heterocycles. The predicted octanol–water partition coefficient (Wildman–Crippen LogP) is 2.09. The van der Waals surface area contributed by atoms with Crippen molar-refractivity contribution in [3.8, 4) is 0 Å². The molecule has 1 saturated carbocycles. The molecule has 0 bridgehead atoms. The average Bonchev–Trinajstić information content (AvgIpc) is 2.91. The number of carbonyl (C=O) groups excluding carboxylic acids is 1. The van der Waals surface area contributed by atoms with Crippen molar-refractivity contribution in [2.75, 3.05) is 6.61 Å². The molecule has 1 aliphatic carbocycles. The average molecular weight is 239 g/mol. The minimum absolute atomic E-state index is 0.0313. The fraction of sp³-hybridized carbons (Fsp3) is 0.923. The van der Waals surface area contributed by atoms with E-state index in [0.717, 1.165) is 12.8 Å². The Morgan fingerprint density at radius 1 is 1.41 bits per heavy atom. The van der Waals surface area contributed by atoms with Crippen LogP contribution in [0.2, 0.25) is 0 Å². The van der Waals surface area contributed by atoms with Crippen molar-refractivity contribution in [1.82, 2.24) is 5.06 Å². The van der Waals surface area contributed by atoms with Crippen LogP contribution in [-0.2, 0) is 14.4 Å². The van der Waals surface area contributed by atoms with Crippen LogP contribution in [0.15, 0.2) is 0 Å². The van der Waals surface area contributed by atoms with Gasteiger partial charge in [0, 0.05) is 5.41 Å². The molecule has 1 unspecified atom stereocenters. The highest BCUT2D eigenvalue weighted by molar-refractivity contribution is 5.76. The zero-order valence-corrected chi connectivity index (χ0v) is 10.9. The molecule has 0 N–H and O–H groups in total. The van der Waals surface area contributed by atoms with Crippen LogP contribution in [0, 0.1) is 11.3 Å². The highest BCUT2D eigenvalue weighted by atomic mass is 16.8. The van der Waals surface area contributed by atoms with E-state index in [1.165, 1.54) is 12.8 Å². The highest BCUT2D eigenvalue weighted by Gasteiger charge is 2.75. The van der Waals surface area contributed by atoms with E-state index in [-0.39, 0.29) is 29.1 Å². The fourth-order valence-corrected chi connectivity index (χ4v) is 4.06. The van der Waals surface area contributed by atoms with Crippen LogP contribution in [-0.4, -0.2) is 29.4 Å². The minimum atomic E-state index is -0.128. The Labute approximate surface area is 102 Å². The highest BCUT2D eigenvalue weighted by Crippen LogP contribution is 2.64. The SMILES string of the molecule is CCOC(=O)[C@@H]1C(C)(C)[C@H]2ON2C12CCCC2. The van der Waals surface area contributed by atoms with E-state index in [1.54, 1.807) is 0 Å². The fourth-order valence-electron chi connectivity index (χ4n) is 4.06. The first-order chi connectivity index (χ1) is 8.04. The standard InChI is InChI=1S/C13H21NO3/c1-4-16-10(15)9-12(2,3)11-14(17-11)13(9)7-5-6-8-13/h9,11H,4-8H2,1-3H3/t9-,11-,14?/m1/s1. The number of esters is 1. The summed E-state index contributed by atoms with van der Waals surface area (Å²) in [7, 11) is 0. The Bertz CT molecular complexity index is 347. The molecule has 2 aliphatic heterocycles. The third-order valence-electron chi connectivity index (χ3n) is 4.73. The van der Waals surface area contributed by atoms with E-state index in [2.05, 4.69) is 18.9 Å². The molecular weight excluding hydrogens is 218 g/mol. The third-order valence-corrected chi connectivity index (χ3v) is 4.73. The summed E-state index contributed by atoms with van der Waals surface area (Å²) in [6, 6.07) is 0. The van der Waals surface area contributed by atoms with Gasteiger partial charge >= 0.3 is 5.97 Å². The van der Waals surface area contributed by atoms with Crippen LogP contribution in [0.3, 0.4) is 0 Å². The maximum atomic E-state index is 12.3. The van der Waals surface area contributed by atoms with Gasteiger partial charge < -0.3 is 4.74 Å². The summed E-state index contributed by atoms with van der Waals surface area (Å²) in [6.07, 6.45) is 4.64. The number of carbonyl (C=O) groups is 1. The van der Waals surface area contributed by atoms with Crippen LogP contribution in [0.1, 0.15) is 46.5 Å². The van der Waals surface area contributed by atoms with E-state index < -0.39 is 0 Å². The number of ether oxygens (including phenoxy) is 1. The molecular formula is C13H21NO3. The molecule has 1 spiro atoms. The van der Waals surface area contributed by atoms with Gasteiger partial charge in [-0.15, -0.1) is 5.06 Å². The second kappa shape index (κ2) is 3.45. The van der Waals surface area contributed by atoms with E-state index in [4.69, 9.17) is 9.57 Å². The van der Waals surface area contributed by atoms with Gasteiger partial charge in [0.15, 0.2) is 6.23 Å². The maximum Gasteiger partial charge on any atom is 0.311 e. The maximum absolute atomic E-state index is 12.3. The summed E-state index contributed by atoms with van der Waals surface area (Å²) in [5, 5.41) is 2.08. The Morgan fingerprint density at radius 2 is 2.06 bits per heavy atom. The number of hydroxylamine groups is 2. The molecule has 17 heavy (non-hydrogen) atoms. The van der Waals surface area contributed by atoms with Gasteiger partial charge in [-0.25, -0.2) is 0 Å². The second-order valence-corrected chi connectivity index (χ2v) is 6.10. The summed E-state index contributed by atoms with van der Waals surface area (Å²) >= 11 is 0. The van der Waals surface area contributed by atoms with Gasteiger partial charge in [-0.2, -0.15) is 0 Å². The van der Waals surface area contributed by atoms with Gasteiger partial charge in [-0.1, -0.05) is 26.7 Å². The Hall–Kier alpha value is -0.610. The monoisotopic (exact) mass is 239 g/mol. The number of nitrogens with zero attached hydrogens (tertiary/aromatic N) is 1. The van der Waals surface area contributed by atoms with Crippen molar-refractivity contribution in [2.45, 2.75) is 58.2 Å². The van der Waals surface area contributed by atoms with Crippen LogP contribution in [0.25, 0.3) is 0 Å². The Kier molecular flexibility index (Phi) is 2.33. The topological polar surface area (TPSA) is 41.8 Å². The molecule has 0 amide bonds. The summed E-state index contributed by atoms with van der Waals surface area (Å²) < 4.78 is 5.30. The summed E-state index contributed by atoms with van der Waals surface area (Å²) in [6.45, 7) is 6.60. The Morgan fingerprint density at radius 3 is 2.65 bits per heavy atom. The summed E-state index contributed by atoms with van der Waals surface area (Å²) in [5.74, 6) is -0.0635. The van der Waals surface area contributed by atoms with Crippen molar-refractivity contribution in [3.05, 3.63) is 0 Å². The summed E-state index contributed by atoms with van der Waals surface area (Å²) in [4.78, 5) is 18.0. The van der Waals surface area contributed by atoms with Crippen LogP contribution in [0.4, 0.5) is 0 Å². The molecule has 0 radical (unpaired) electrons. The van der Waals surface area contributed by atoms with Crippen LogP contribution in [0.5, 0.6) is 0 Å². The molecule has 3 atom stereocenters. The zero-order valence-electron chi connectivity index (χ0n) is 10.9. The van der Waals surface area contributed by atoms with Crippen molar-refractivity contribution in [1.29, 1.82) is 0 Å². The number of hydrogen-bond donors (Lipinski definition) is 0. The number of rotatable bonds is 2. The molecule has 0 aromatic rings. The van der Waals surface area contributed by atoms with Crippen molar-refractivity contribution in [2.24, 2.45) is 11.3 Å². The Balaban J connectivity index is 1.94. The molecule has 3 fully saturated rings. The number of hydrogen-bond acceptors (Lipinski definition) is 4. The van der Waals surface area contributed by atoms with E-state index >= 15 is 0 Å². The van der Waals surface area contributed by atoms with Gasteiger partial charge in [-0.05, 0) is 19.8 Å². The van der Waals surface area contributed by atoms with Crippen molar-refractivity contribution >= 4 is 5.97 Å². The summed E-state index contributed by atoms with van der Waals surface area (Å²) in [5.41, 5.74) is -0.197. The van der Waals surface area contributed by atoms with Crippen LogP contribution >= 0.6 is 0 Å². The first kappa shape index (κ1) is 11.5.